The van der Waals surface area contributed by atoms with Gasteiger partial charge < -0.3 is 15.0 Å². The second kappa shape index (κ2) is 10.9. The number of halogens is 1. The van der Waals surface area contributed by atoms with Gasteiger partial charge in [-0.25, -0.2) is 4.39 Å². The van der Waals surface area contributed by atoms with Gasteiger partial charge in [-0.15, -0.1) is 0 Å². The van der Waals surface area contributed by atoms with Crippen molar-refractivity contribution in [2.45, 2.75) is 45.4 Å². The molecule has 0 aliphatic carbocycles. The molecule has 0 spiro atoms. The molecule has 1 saturated heterocycles. The largest absolute Gasteiger partial charge is 0.497 e. The average molecular weight is 427 g/mol. The van der Waals surface area contributed by atoms with Crippen molar-refractivity contribution in [2.75, 3.05) is 25.5 Å². The Labute approximate surface area is 183 Å². The molecule has 1 aliphatic heterocycles. The lowest BCUT2D eigenvalue weighted by Gasteiger charge is -2.33. The van der Waals surface area contributed by atoms with E-state index in [-0.39, 0.29) is 17.6 Å². The number of rotatable bonds is 8. The quantitative estimate of drug-likeness (QED) is 0.664. The summed E-state index contributed by atoms with van der Waals surface area (Å²) < 4.78 is 18.5. The van der Waals surface area contributed by atoms with Crippen molar-refractivity contribution < 1.29 is 18.7 Å². The summed E-state index contributed by atoms with van der Waals surface area (Å²) in [6.45, 7) is 3.39. The Kier molecular flexibility index (Phi) is 8.04. The molecule has 1 fully saturated rings. The number of hydrogen-bond acceptors (Lipinski definition) is 3. The summed E-state index contributed by atoms with van der Waals surface area (Å²) in [6, 6.07) is 12.0. The minimum atomic E-state index is -0.272. The number of benzene rings is 2. The second-order valence-corrected chi connectivity index (χ2v) is 8.25. The molecule has 1 unspecified atom stereocenters. The monoisotopic (exact) mass is 426 g/mol. The van der Waals surface area contributed by atoms with Gasteiger partial charge in [0.1, 0.15) is 11.6 Å². The SMILES string of the molecule is COc1ccc(NC(=O)CCC2CCCN(C(=O)CCc3cccc(F)c3)C2)c(C)c1. The maximum absolute atomic E-state index is 13.3. The van der Waals surface area contributed by atoms with Gasteiger partial charge in [0.05, 0.1) is 7.11 Å². The minimum absolute atomic E-state index is 0.0113. The lowest BCUT2D eigenvalue weighted by atomic mass is 9.93. The molecule has 0 radical (unpaired) electrons. The van der Waals surface area contributed by atoms with Gasteiger partial charge >= 0.3 is 0 Å². The molecule has 1 aliphatic rings. The highest BCUT2D eigenvalue weighted by Gasteiger charge is 2.24. The van der Waals surface area contributed by atoms with Crippen LogP contribution in [0.2, 0.25) is 0 Å². The number of likely N-dealkylation sites (tertiary alicyclic amines) is 1. The molecular formula is C25H31FN2O3. The van der Waals surface area contributed by atoms with Crippen LogP contribution in [0.5, 0.6) is 5.75 Å². The van der Waals surface area contributed by atoms with Gasteiger partial charge in [-0.1, -0.05) is 12.1 Å². The van der Waals surface area contributed by atoms with Gasteiger partial charge in [0.15, 0.2) is 0 Å². The zero-order valence-corrected chi connectivity index (χ0v) is 18.3. The van der Waals surface area contributed by atoms with Crippen LogP contribution >= 0.6 is 0 Å². The molecule has 5 nitrogen and oxygen atoms in total. The first-order valence-corrected chi connectivity index (χ1v) is 10.9. The van der Waals surface area contributed by atoms with Crippen molar-refractivity contribution in [3.05, 3.63) is 59.4 Å². The molecule has 1 N–H and O–H groups in total. The van der Waals surface area contributed by atoms with Crippen molar-refractivity contribution >= 4 is 17.5 Å². The zero-order chi connectivity index (χ0) is 22.2. The molecule has 0 bridgehead atoms. The van der Waals surface area contributed by atoms with Gasteiger partial charge in [-0.3, -0.25) is 9.59 Å². The van der Waals surface area contributed by atoms with E-state index in [1.165, 1.54) is 12.1 Å². The highest BCUT2D eigenvalue weighted by molar-refractivity contribution is 5.91. The molecule has 2 amide bonds. The molecule has 31 heavy (non-hydrogen) atoms. The van der Waals surface area contributed by atoms with E-state index in [2.05, 4.69) is 5.32 Å². The fraction of sp³-hybridized carbons (Fsp3) is 0.440. The van der Waals surface area contributed by atoms with E-state index >= 15 is 0 Å². The van der Waals surface area contributed by atoms with Gasteiger partial charge in [0.2, 0.25) is 11.8 Å². The minimum Gasteiger partial charge on any atom is -0.497 e. The number of nitrogens with one attached hydrogen (secondary N) is 1. The fourth-order valence-corrected chi connectivity index (χ4v) is 4.08. The smallest absolute Gasteiger partial charge is 0.224 e. The lowest BCUT2D eigenvalue weighted by molar-refractivity contribution is -0.133. The molecule has 2 aromatic rings. The first kappa shape index (κ1) is 22.8. The third-order valence-corrected chi connectivity index (χ3v) is 5.88. The van der Waals surface area contributed by atoms with Gasteiger partial charge in [0.25, 0.3) is 0 Å². The van der Waals surface area contributed by atoms with Crippen LogP contribution in [0.4, 0.5) is 10.1 Å². The van der Waals surface area contributed by atoms with Crippen LogP contribution in [-0.2, 0) is 16.0 Å². The molecule has 166 valence electrons. The van der Waals surface area contributed by atoms with Crippen LogP contribution < -0.4 is 10.1 Å². The predicted molar refractivity (Wildman–Crippen MR) is 120 cm³/mol. The summed E-state index contributed by atoms with van der Waals surface area (Å²) in [5.41, 5.74) is 2.59. The summed E-state index contributed by atoms with van der Waals surface area (Å²) in [7, 11) is 1.62. The van der Waals surface area contributed by atoms with Crippen LogP contribution in [0, 0.1) is 18.7 Å². The second-order valence-electron chi connectivity index (χ2n) is 8.25. The Morgan fingerprint density at radius 1 is 1.19 bits per heavy atom. The number of anilines is 1. The maximum atomic E-state index is 13.3. The number of piperidine rings is 1. The third-order valence-electron chi connectivity index (χ3n) is 5.88. The van der Waals surface area contributed by atoms with Crippen molar-refractivity contribution in [2.24, 2.45) is 5.92 Å². The highest BCUT2D eigenvalue weighted by atomic mass is 19.1. The van der Waals surface area contributed by atoms with Crippen LogP contribution in [0.3, 0.4) is 0 Å². The summed E-state index contributed by atoms with van der Waals surface area (Å²) in [6.07, 6.45) is 4.10. The normalized spacial score (nSPS) is 16.1. The van der Waals surface area contributed by atoms with Crippen molar-refractivity contribution in [3.8, 4) is 5.75 Å². The van der Waals surface area contributed by atoms with Crippen molar-refractivity contribution in [3.63, 3.8) is 0 Å². The third kappa shape index (κ3) is 6.81. The summed E-state index contributed by atoms with van der Waals surface area (Å²) in [5, 5.41) is 2.97. The average Bonchev–Trinajstić information content (AvgIpc) is 2.77. The van der Waals surface area contributed by atoms with Crippen molar-refractivity contribution in [1.82, 2.24) is 4.90 Å². The molecule has 0 saturated carbocycles. The number of nitrogens with zero attached hydrogens (tertiary/aromatic N) is 1. The lowest BCUT2D eigenvalue weighted by Crippen LogP contribution is -2.40. The topological polar surface area (TPSA) is 58.6 Å². The van der Waals surface area contributed by atoms with Crippen LogP contribution in [0.15, 0.2) is 42.5 Å². The summed E-state index contributed by atoms with van der Waals surface area (Å²) in [4.78, 5) is 26.9. The Balaban J connectivity index is 1.43. The Bertz CT molecular complexity index is 915. The first-order chi connectivity index (χ1) is 14.9. The van der Waals surface area contributed by atoms with E-state index in [9.17, 15) is 14.0 Å². The van der Waals surface area contributed by atoms with E-state index in [1.54, 1.807) is 13.2 Å². The van der Waals surface area contributed by atoms with Crippen molar-refractivity contribution in [1.29, 1.82) is 0 Å². The number of amides is 2. The van der Waals surface area contributed by atoms with E-state index in [0.717, 1.165) is 48.4 Å². The molecule has 6 heteroatoms. The first-order valence-electron chi connectivity index (χ1n) is 10.9. The highest BCUT2D eigenvalue weighted by Crippen LogP contribution is 2.24. The van der Waals surface area contributed by atoms with E-state index in [0.29, 0.717) is 31.7 Å². The van der Waals surface area contributed by atoms with E-state index in [4.69, 9.17) is 4.74 Å². The number of ether oxygens (including phenoxy) is 1. The van der Waals surface area contributed by atoms with Gasteiger partial charge in [-0.05, 0) is 80.0 Å². The fourth-order valence-electron chi connectivity index (χ4n) is 4.08. The number of aryl methyl sites for hydroxylation is 2. The molecular weight excluding hydrogens is 395 g/mol. The number of methoxy groups -OCH3 is 1. The Morgan fingerprint density at radius 2 is 2.03 bits per heavy atom. The predicted octanol–water partition coefficient (Wildman–Crippen LogP) is 4.73. The Hall–Kier alpha value is -2.89. The van der Waals surface area contributed by atoms with E-state index < -0.39 is 0 Å². The standard InChI is InChI=1S/C25H31FN2O3/c1-18-15-22(31-2)10-11-23(18)27-24(29)12-8-20-6-4-14-28(17-20)25(30)13-9-19-5-3-7-21(26)16-19/h3,5,7,10-11,15-16,20H,4,6,8-9,12-14,17H2,1-2H3,(H,27,29). The molecule has 3 rings (SSSR count). The van der Waals surface area contributed by atoms with Crippen LogP contribution in [0.1, 0.15) is 43.2 Å². The maximum Gasteiger partial charge on any atom is 0.224 e. The van der Waals surface area contributed by atoms with Gasteiger partial charge in [-0.2, -0.15) is 0 Å². The van der Waals surface area contributed by atoms with Gasteiger partial charge in [0, 0.05) is 31.6 Å². The zero-order valence-electron chi connectivity index (χ0n) is 18.3. The molecule has 1 heterocycles. The summed E-state index contributed by atoms with van der Waals surface area (Å²) >= 11 is 0. The molecule has 0 aromatic heterocycles. The Morgan fingerprint density at radius 3 is 2.77 bits per heavy atom. The number of carbonyl (C=O) groups excluding carboxylic acids is 2. The van der Waals surface area contributed by atoms with Crippen LogP contribution in [0.25, 0.3) is 0 Å². The molecule has 2 aromatic carbocycles. The molecule has 1 atom stereocenters. The summed E-state index contributed by atoms with van der Waals surface area (Å²) in [5.74, 6) is 0.913. The number of hydrogen-bond donors (Lipinski definition) is 1. The van der Waals surface area contributed by atoms with Crippen LogP contribution in [-0.4, -0.2) is 36.9 Å². The number of carbonyl (C=O) groups is 2. The van der Waals surface area contributed by atoms with E-state index in [1.807, 2.05) is 36.1 Å².